The average molecular weight is 424 g/mol. The fraction of sp³-hybridized carbons (Fsp3) is 0.692. The Labute approximate surface area is 186 Å². The molecule has 1 heterocycles. The largest absolute Gasteiger partial charge is 0.339 e. The Bertz CT molecular complexity index is 765. The van der Waals surface area contributed by atoms with E-state index in [1.54, 1.807) is 0 Å². The minimum Gasteiger partial charge on any atom is -0.339 e. The highest BCUT2D eigenvalue weighted by Gasteiger charge is 2.55. The van der Waals surface area contributed by atoms with Crippen LogP contribution in [0.1, 0.15) is 57.4 Å². The first kappa shape index (κ1) is 20.8. The molecule has 168 valence electrons. The Morgan fingerprint density at radius 2 is 1.48 bits per heavy atom. The lowest BCUT2D eigenvalue weighted by atomic mass is 9.49. The summed E-state index contributed by atoms with van der Waals surface area (Å²) in [5, 5.41) is 3.16. The summed E-state index contributed by atoms with van der Waals surface area (Å²) >= 11 is 0. The van der Waals surface area contributed by atoms with Crippen LogP contribution in [0.15, 0.2) is 30.3 Å². The number of carbonyl (C=O) groups is 2. The van der Waals surface area contributed by atoms with Gasteiger partial charge in [0.1, 0.15) is 0 Å². The van der Waals surface area contributed by atoms with Gasteiger partial charge in [-0.3, -0.25) is 4.79 Å². The normalized spacial score (nSPS) is 32.7. The summed E-state index contributed by atoms with van der Waals surface area (Å²) in [6.45, 7) is 4.75. The third-order valence-electron chi connectivity index (χ3n) is 8.42. The number of nitrogens with zero attached hydrogens (tertiary/aromatic N) is 2. The molecule has 3 amide bonds. The zero-order valence-electron chi connectivity index (χ0n) is 18.9. The van der Waals surface area contributed by atoms with Gasteiger partial charge in [-0.05, 0) is 81.6 Å². The highest BCUT2D eigenvalue weighted by atomic mass is 16.2. The average Bonchev–Trinajstić information content (AvgIpc) is 2.77. The number of aryl methyl sites for hydroxylation is 1. The van der Waals surface area contributed by atoms with E-state index in [4.69, 9.17) is 0 Å². The van der Waals surface area contributed by atoms with Gasteiger partial charge in [0.05, 0.1) is 5.41 Å². The summed E-state index contributed by atoms with van der Waals surface area (Å²) in [5.41, 5.74) is 1.24. The van der Waals surface area contributed by atoms with Crippen molar-refractivity contribution < 1.29 is 9.59 Å². The Morgan fingerprint density at radius 3 is 2.06 bits per heavy atom. The van der Waals surface area contributed by atoms with Crippen LogP contribution in [-0.4, -0.2) is 54.0 Å². The molecule has 0 spiro atoms. The van der Waals surface area contributed by atoms with Gasteiger partial charge < -0.3 is 15.1 Å². The molecule has 1 aliphatic heterocycles. The quantitative estimate of drug-likeness (QED) is 0.776. The first-order chi connectivity index (χ1) is 15.0. The molecule has 4 aliphatic carbocycles. The molecule has 1 atom stereocenters. The van der Waals surface area contributed by atoms with Gasteiger partial charge in [-0.15, -0.1) is 0 Å². The Morgan fingerprint density at radius 1 is 0.935 bits per heavy atom. The topological polar surface area (TPSA) is 52.7 Å². The number of rotatable bonds is 5. The van der Waals surface area contributed by atoms with Gasteiger partial charge in [0, 0.05) is 32.2 Å². The molecule has 5 aliphatic rings. The Kier molecular flexibility index (Phi) is 5.70. The zero-order valence-corrected chi connectivity index (χ0v) is 18.9. The lowest BCUT2D eigenvalue weighted by Crippen LogP contribution is -2.59. The molecule has 5 fully saturated rings. The van der Waals surface area contributed by atoms with E-state index in [1.807, 2.05) is 11.0 Å². The highest BCUT2D eigenvalue weighted by Crippen LogP contribution is 2.60. The maximum absolute atomic E-state index is 13.5. The summed E-state index contributed by atoms with van der Waals surface area (Å²) in [6, 6.07) is 10.6. The molecule has 1 unspecified atom stereocenters. The molecule has 0 aromatic heterocycles. The van der Waals surface area contributed by atoms with Crippen LogP contribution < -0.4 is 5.32 Å². The van der Waals surface area contributed by atoms with Gasteiger partial charge in [-0.1, -0.05) is 30.3 Å². The number of hydrogen-bond donors (Lipinski definition) is 1. The highest BCUT2D eigenvalue weighted by molar-refractivity contribution is 5.84. The summed E-state index contributed by atoms with van der Waals surface area (Å²) in [7, 11) is 0. The zero-order chi connectivity index (χ0) is 21.4. The molecule has 1 saturated heterocycles. The smallest absolute Gasteiger partial charge is 0.317 e. The molecule has 5 heteroatoms. The summed E-state index contributed by atoms with van der Waals surface area (Å²) < 4.78 is 0. The van der Waals surface area contributed by atoms with E-state index >= 15 is 0 Å². The standard InChI is InChI=1S/C26H37N3O2/c1-19(7-8-20-5-3-2-4-6-20)27-25(31)29-11-9-28(10-12-29)24(30)26-16-21-13-22(17-26)15-23(14-21)18-26/h2-6,19,21-23H,7-18H2,1H3,(H,27,31). The Balaban J connectivity index is 1.09. The number of urea groups is 1. The van der Waals surface area contributed by atoms with E-state index in [1.165, 1.54) is 24.8 Å². The second-order valence-electron chi connectivity index (χ2n) is 10.9. The lowest BCUT2D eigenvalue weighted by Gasteiger charge is -2.57. The van der Waals surface area contributed by atoms with Crippen molar-refractivity contribution in [3.05, 3.63) is 35.9 Å². The maximum atomic E-state index is 13.5. The van der Waals surface area contributed by atoms with Crippen molar-refractivity contribution in [1.29, 1.82) is 0 Å². The van der Waals surface area contributed by atoms with Gasteiger partial charge >= 0.3 is 6.03 Å². The van der Waals surface area contributed by atoms with E-state index in [-0.39, 0.29) is 17.5 Å². The second kappa shape index (κ2) is 8.48. The fourth-order valence-corrected chi connectivity index (χ4v) is 7.22. The molecular formula is C26H37N3O2. The minimum absolute atomic E-state index is 0.0162. The van der Waals surface area contributed by atoms with E-state index in [0.717, 1.165) is 49.9 Å². The first-order valence-corrected chi connectivity index (χ1v) is 12.4. The molecule has 1 aromatic rings. The van der Waals surface area contributed by atoms with Crippen molar-refractivity contribution in [3.8, 4) is 0 Å². The van der Waals surface area contributed by atoms with Crippen LogP contribution >= 0.6 is 0 Å². The van der Waals surface area contributed by atoms with Gasteiger partial charge in [-0.2, -0.15) is 0 Å². The molecule has 0 radical (unpaired) electrons. The van der Waals surface area contributed by atoms with Crippen molar-refractivity contribution in [1.82, 2.24) is 15.1 Å². The Hall–Kier alpha value is -2.04. The summed E-state index contributed by atoms with van der Waals surface area (Å²) in [5.74, 6) is 2.78. The van der Waals surface area contributed by atoms with E-state index in [9.17, 15) is 9.59 Å². The van der Waals surface area contributed by atoms with Crippen molar-refractivity contribution in [3.63, 3.8) is 0 Å². The number of nitrogens with one attached hydrogen (secondary N) is 1. The second-order valence-corrected chi connectivity index (χ2v) is 10.9. The minimum atomic E-state index is -0.0644. The van der Waals surface area contributed by atoms with Gasteiger partial charge in [0.25, 0.3) is 0 Å². The van der Waals surface area contributed by atoms with E-state index in [0.29, 0.717) is 32.1 Å². The van der Waals surface area contributed by atoms with E-state index in [2.05, 4.69) is 41.4 Å². The molecule has 6 rings (SSSR count). The maximum Gasteiger partial charge on any atom is 0.317 e. The molecule has 4 saturated carbocycles. The van der Waals surface area contributed by atoms with Crippen molar-refractivity contribution in [2.75, 3.05) is 26.2 Å². The lowest BCUT2D eigenvalue weighted by molar-refractivity contribution is -0.159. The molecular weight excluding hydrogens is 386 g/mol. The number of carbonyl (C=O) groups excluding carboxylic acids is 2. The molecule has 1 aromatic carbocycles. The van der Waals surface area contributed by atoms with Crippen LogP contribution in [0.25, 0.3) is 0 Å². The third-order valence-corrected chi connectivity index (χ3v) is 8.42. The molecule has 5 nitrogen and oxygen atoms in total. The van der Waals surface area contributed by atoms with Crippen LogP contribution in [0, 0.1) is 23.2 Å². The number of piperazine rings is 1. The fourth-order valence-electron chi connectivity index (χ4n) is 7.22. The SMILES string of the molecule is CC(CCc1ccccc1)NC(=O)N1CCN(C(=O)C23CC4CC(CC(C4)C2)C3)CC1. The van der Waals surface area contributed by atoms with Gasteiger partial charge in [0.15, 0.2) is 0 Å². The molecule has 31 heavy (non-hydrogen) atoms. The summed E-state index contributed by atoms with van der Waals surface area (Å²) in [4.78, 5) is 30.2. The van der Waals surface area contributed by atoms with Crippen molar-refractivity contribution in [2.24, 2.45) is 23.2 Å². The van der Waals surface area contributed by atoms with Crippen LogP contribution in [0.4, 0.5) is 4.79 Å². The van der Waals surface area contributed by atoms with Crippen LogP contribution in [0.5, 0.6) is 0 Å². The van der Waals surface area contributed by atoms with Crippen molar-refractivity contribution in [2.45, 2.75) is 64.3 Å². The molecule has 1 N–H and O–H groups in total. The predicted molar refractivity (Wildman–Crippen MR) is 122 cm³/mol. The molecule has 4 bridgehead atoms. The van der Waals surface area contributed by atoms with E-state index < -0.39 is 0 Å². The van der Waals surface area contributed by atoms with Gasteiger partial charge in [-0.25, -0.2) is 4.79 Å². The van der Waals surface area contributed by atoms with Crippen LogP contribution in [-0.2, 0) is 11.2 Å². The predicted octanol–water partition coefficient (Wildman–Crippen LogP) is 4.08. The first-order valence-electron chi connectivity index (χ1n) is 12.4. The van der Waals surface area contributed by atoms with Gasteiger partial charge in [0.2, 0.25) is 5.91 Å². The number of amides is 3. The summed E-state index contributed by atoms with van der Waals surface area (Å²) in [6.07, 6.45) is 9.36. The third kappa shape index (κ3) is 4.33. The van der Waals surface area contributed by atoms with Crippen molar-refractivity contribution >= 4 is 11.9 Å². The van der Waals surface area contributed by atoms with Crippen LogP contribution in [0.3, 0.4) is 0 Å². The number of hydrogen-bond acceptors (Lipinski definition) is 2. The van der Waals surface area contributed by atoms with Crippen LogP contribution in [0.2, 0.25) is 0 Å². The monoisotopic (exact) mass is 423 g/mol. The number of benzene rings is 1.